The highest BCUT2D eigenvalue weighted by Crippen LogP contribution is 2.48. The first-order valence-corrected chi connectivity index (χ1v) is 10.8. The van der Waals surface area contributed by atoms with Crippen LogP contribution in [0.15, 0.2) is 91.0 Å². The van der Waals surface area contributed by atoms with Crippen LogP contribution in [-0.2, 0) is 4.79 Å². The fourth-order valence-electron chi connectivity index (χ4n) is 3.68. The van der Waals surface area contributed by atoms with E-state index in [0.29, 0.717) is 11.5 Å². The van der Waals surface area contributed by atoms with Gasteiger partial charge in [0.2, 0.25) is 0 Å². The van der Waals surface area contributed by atoms with Crippen molar-refractivity contribution in [1.29, 1.82) is 0 Å². The summed E-state index contributed by atoms with van der Waals surface area (Å²) < 4.78 is 21.1. The average Bonchev–Trinajstić information content (AvgIpc) is 3.15. The van der Waals surface area contributed by atoms with Gasteiger partial charge in [0.05, 0.1) is 4.88 Å². The van der Waals surface area contributed by atoms with Crippen molar-refractivity contribution < 1.29 is 19.0 Å². The van der Waals surface area contributed by atoms with Gasteiger partial charge in [-0.2, -0.15) is 0 Å². The minimum atomic E-state index is -0.998. The molecule has 0 aliphatic heterocycles. The van der Waals surface area contributed by atoms with Crippen LogP contribution in [0.3, 0.4) is 0 Å². The third kappa shape index (κ3) is 3.86. The van der Waals surface area contributed by atoms with Crippen LogP contribution in [0.1, 0.15) is 5.56 Å². The summed E-state index contributed by atoms with van der Waals surface area (Å²) in [5, 5.41) is 11.9. The molecule has 32 heavy (non-hydrogen) atoms. The number of hydrogen-bond donors (Lipinski definition) is 1. The standard InChI is InChI=1S/C27H17FO3S/c28-19-11-14-23-24(16-19)32-27(22-7-3-5-18-4-1-2-6-21(18)22)26(23)31-20-12-8-17(9-13-20)10-15-25(29)30/h1-16H,(H,29,30)/b15-10+. The molecule has 5 rings (SSSR count). The van der Waals surface area contributed by atoms with E-state index >= 15 is 0 Å². The molecule has 5 aromatic rings. The molecule has 0 atom stereocenters. The lowest BCUT2D eigenvalue weighted by molar-refractivity contribution is -0.131. The Kier molecular flexibility index (Phi) is 5.17. The Labute approximate surface area is 187 Å². The first-order valence-electron chi connectivity index (χ1n) is 9.97. The van der Waals surface area contributed by atoms with Gasteiger partial charge in [-0.25, -0.2) is 9.18 Å². The van der Waals surface area contributed by atoms with Crippen molar-refractivity contribution in [2.45, 2.75) is 0 Å². The van der Waals surface area contributed by atoms with E-state index in [1.807, 2.05) is 18.2 Å². The molecular formula is C27H17FO3S. The van der Waals surface area contributed by atoms with E-state index in [9.17, 15) is 9.18 Å². The molecule has 0 radical (unpaired) electrons. The summed E-state index contributed by atoms with van der Waals surface area (Å²) in [7, 11) is 0. The van der Waals surface area contributed by atoms with Crippen LogP contribution >= 0.6 is 11.3 Å². The number of halogens is 1. The molecule has 1 heterocycles. The third-order valence-corrected chi connectivity index (χ3v) is 6.33. The Morgan fingerprint density at radius 3 is 2.50 bits per heavy atom. The quantitative estimate of drug-likeness (QED) is 0.284. The second kappa shape index (κ2) is 8.29. The average molecular weight is 440 g/mol. The summed E-state index contributed by atoms with van der Waals surface area (Å²) in [4.78, 5) is 11.7. The third-order valence-electron chi connectivity index (χ3n) is 5.16. The topological polar surface area (TPSA) is 46.5 Å². The van der Waals surface area contributed by atoms with Crippen molar-refractivity contribution in [3.8, 4) is 21.9 Å². The lowest BCUT2D eigenvalue weighted by Gasteiger charge is -2.10. The Morgan fingerprint density at radius 1 is 0.906 bits per heavy atom. The molecule has 0 saturated heterocycles. The number of fused-ring (bicyclic) bond motifs is 2. The second-order valence-electron chi connectivity index (χ2n) is 7.27. The molecular weight excluding hydrogens is 423 g/mol. The van der Waals surface area contributed by atoms with Gasteiger partial charge in [0.15, 0.2) is 5.75 Å². The van der Waals surface area contributed by atoms with Crippen LogP contribution in [0, 0.1) is 5.82 Å². The van der Waals surface area contributed by atoms with Gasteiger partial charge >= 0.3 is 5.97 Å². The lowest BCUT2D eigenvalue weighted by Crippen LogP contribution is -1.88. The minimum Gasteiger partial charge on any atom is -0.478 e. The molecule has 1 N–H and O–H groups in total. The zero-order valence-electron chi connectivity index (χ0n) is 16.8. The second-order valence-corrected chi connectivity index (χ2v) is 8.32. The number of thiophene rings is 1. The van der Waals surface area contributed by atoms with E-state index in [4.69, 9.17) is 9.84 Å². The molecule has 0 saturated carbocycles. The zero-order valence-corrected chi connectivity index (χ0v) is 17.6. The van der Waals surface area contributed by atoms with Gasteiger partial charge in [-0.15, -0.1) is 11.3 Å². The van der Waals surface area contributed by atoms with Crippen LogP contribution < -0.4 is 4.74 Å². The zero-order chi connectivity index (χ0) is 22.1. The number of benzene rings is 4. The molecule has 156 valence electrons. The Bertz CT molecular complexity index is 1480. The Balaban J connectivity index is 1.63. The fraction of sp³-hybridized carbons (Fsp3) is 0. The number of carboxylic acid groups (broad SMARTS) is 1. The highest BCUT2D eigenvalue weighted by molar-refractivity contribution is 7.22. The molecule has 3 nitrogen and oxygen atoms in total. The number of ether oxygens (including phenoxy) is 1. The Hall–Kier alpha value is -3.96. The lowest BCUT2D eigenvalue weighted by atomic mass is 10.0. The molecule has 1 aromatic heterocycles. The van der Waals surface area contributed by atoms with E-state index in [1.165, 1.54) is 29.5 Å². The largest absolute Gasteiger partial charge is 0.478 e. The van der Waals surface area contributed by atoms with Crippen LogP contribution in [0.4, 0.5) is 4.39 Å². The highest BCUT2D eigenvalue weighted by atomic mass is 32.1. The van der Waals surface area contributed by atoms with Crippen LogP contribution in [-0.4, -0.2) is 11.1 Å². The number of hydrogen-bond acceptors (Lipinski definition) is 3. The van der Waals surface area contributed by atoms with Crippen LogP contribution in [0.2, 0.25) is 0 Å². The molecule has 0 unspecified atom stereocenters. The predicted molar refractivity (Wildman–Crippen MR) is 128 cm³/mol. The molecule has 0 aliphatic carbocycles. The smallest absolute Gasteiger partial charge is 0.328 e. The van der Waals surface area contributed by atoms with Gasteiger partial charge in [-0.1, -0.05) is 54.6 Å². The van der Waals surface area contributed by atoms with Crippen molar-refractivity contribution >= 4 is 44.2 Å². The van der Waals surface area contributed by atoms with Crippen LogP contribution in [0.5, 0.6) is 11.5 Å². The SMILES string of the molecule is O=C(O)/C=C/c1ccc(Oc2c(-c3cccc4ccccc34)sc3cc(F)ccc23)cc1. The maximum Gasteiger partial charge on any atom is 0.328 e. The fourth-order valence-corrected chi connectivity index (χ4v) is 4.88. The molecule has 0 fully saturated rings. The van der Waals surface area contributed by atoms with Crippen molar-refractivity contribution in [3.05, 3.63) is 102 Å². The maximum atomic E-state index is 14.0. The summed E-state index contributed by atoms with van der Waals surface area (Å²) in [5.74, 6) is 0.00420. The van der Waals surface area contributed by atoms with E-state index < -0.39 is 5.97 Å². The highest BCUT2D eigenvalue weighted by Gasteiger charge is 2.18. The van der Waals surface area contributed by atoms with Crippen molar-refractivity contribution in [3.63, 3.8) is 0 Å². The van der Waals surface area contributed by atoms with Crippen molar-refractivity contribution in [2.75, 3.05) is 0 Å². The molecule has 0 spiro atoms. The van der Waals surface area contributed by atoms with Crippen LogP contribution in [0.25, 0.3) is 37.4 Å². The van der Waals surface area contributed by atoms with Gasteiger partial charge in [0.25, 0.3) is 0 Å². The molecule has 0 amide bonds. The number of carboxylic acids is 1. The van der Waals surface area contributed by atoms with Crippen molar-refractivity contribution in [1.82, 2.24) is 0 Å². The van der Waals surface area contributed by atoms with E-state index in [0.717, 1.165) is 42.9 Å². The maximum absolute atomic E-state index is 14.0. The number of carbonyl (C=O) groups is 1. The summed E-state index contributed by atoms with van der Waals surface area (Å²) in [6.07, 6.45) is 2.62. The normalized spacial score (nSPS) is 11.4. The molecule has 0 bridgehead atoms. The summed E-state index contributed by atoms with van der Waals surface area (Å²) >= 11 is 1.50. The van der Waals surface area contributed by atoms with Gasteiger partial charge < -0.3 is 9.84 Å². The van der Waals surface area contributed by atoms with Gasteiger partial charge in [-0.05, 0) is 52.7 Å². The van der Waals surface area contributed by atoms with Gasteiger partial charge in [0.1, 0.15) is 11.6 Å². The van der Waals surface area contributed by atoms with E-state index in [1.54, 1.807) is 30.3 Å². The van der Waals surface area contributed by atoms with Gasteiger partial charge in [0, 0.05) is 21.7 Å². The van der Waals surface area contributed by atoms with Crippen molar-refractivity contribution in [2.24, 2.45) is 0 Å². The Morgan fingerprint density at radius 2 is 1.69 bits per heavy atom. The molecule has 0 aliphatic rings. The van der Waals surface area contributed by atoms with E-state index in [2.05, 4.69) is 24.3 Å². The first-order chi connectivity index (χ1) is 15.6. The first kappa shape index (κ1) is 20.0. The molecule has 5 heteroatoms. The summed E-state index contributed by atoms with van der Waals surface area (Å²) in [6.45, 7) is 0. The number of aliphatic carboxylic acids is 1. The van der Waals surface area contributed by atoms with E-state index in [-0.39, 0.29) is 5.82 Å². The summed E-state index contributed by atoms with van der Waals surface area (Å²) in [6, 6.07) is 26.2. The van der Waals surface area contributed by atoms with Gasteiger partial charge in [-0.3, -0.25) is 0 Å². The number of rotatable bonds is 5. The molecule has 4 aromatic carbocycles. The monoisotopic (exact) mass is 440 g/mol. The minimum absolute atomic E-state index is 0.288. The summed E-state index contributed by atoms with van der Waals surface area (Å²) in [5.41, 5.74) is 1.78. The predicted octanol–water partition coefficient (Wildman–Crippen LogP) is 7.75.